The Labute approximate surface area is 144 Å². The number of furan rings is 1. The van der Waals surface area contributed by atoms with Gasteiger partial charge in [0.1, 0.15) is 5.76 Å². The molecule has 0 saturated carbocycles. The minimum Gasteiger partial charge on any atom is -0.450 e. The van der Waals surface area contributed by atoms with Gasteiger partial charge in [-0.2, -0.15) is 0 Å². The molecule has 1 aliphatic heterocycles. The molecule has 0 bridgehead atoms. The molecular weight excluding hydrogens is 388 g/mol. The second kappa shape index (κ2) is 6.32. The zero-order valence-corrected chi connectivity index (χ0v) is 14.6. The first-order valence-corrected chi connectivity index (χ1v) is 8.32. The Morgan fingerprint density at radius 1 is 1.36 bits per heavy atom. The first-order valence-electron chi connectivity index (χ1n) is 6.33. The third-order valence-electron chi connectivity index (χ3n) is 2.98. The third-order valence-corrected chi connectivity index (χ3v) is 4.72. The van der Waals surface area contributed by atoms with Gasteiger partial charge >= 0.3 is 0 Å². The molecule has 112 valence electrons. The van der Waals surface area contributed by atoms with Crippen LogP contribution in [0.1, 0.15) is 11.3 Å². The Morgan fingerprint density at radius 3 is 2.91 bits per heavy atom. The van der Waals surface area contributed by atoms with E-state index in [1.165, 1.54) is 11.8 Å². The molecule has 0 spiro atoms. The zero-order chi connectivity index (χ0) is 15.7. The Kier molecular flexibility index (Phi) is 4.42. The number of hydrogen-bond donors (Lipinski definition) is 1. The second-order valence-electron chi connectivity index (χ2n) is 4.51. The van der Waals surface area contributed by atoms with Crippen molar-refractivity contribution in [2.45, 2.75) is 6.92 Å². The first-order chi connectivity index (χ1) is 10.5. The van der Waals surface area contributed by atoms with Crippen LogP contribution in [0.15, 0.2) is 49.3 Å². The summed E-state index contributed by atoms with van der Waals surface area (Å²) in [7, 11) is 0. The standard InChI is InChI=1S/C15H10BrClN2O2S/c1-8-10(17)3-2-4-11(8)18-15-19-14(20)12(22-15)7-9-5-6-13(16)21-9/h2-7H,1H3,(H,18,19,20)/b12-7+. The number of benzene rings is 1. The number of carbonyl (C=O) groups excluding carboxylic acids is 1. The Balaban J connectivity index is 1.87. The van der Waals surface area contributed by atoms with Crippen LogP contribution in [0.2, 0.25) is 5.02 Å². The molecule has 7 heteroatoms. The van der Waals surface area contributed by atoms with Crippen molar-refractivity contribution < 1.29 is 9.21 Å². The molecule has 1 fully saturated rings. The molecular formula is C15H10BrClN2O2S. The van der Waals surface area contributed by atoms with Crippen molar-refractivity contribution in [1.29, 1.82) is 0 Å². The molecule has 3 rings (SSSR count). The average Bonchev–Trinajstić information content (AvgIpc) is 3.02. The highest BCUT2D eigenvalue weighted by Gasteiger charge is 2.24. The lowest BCUT2D eigenvalue weighted by Gasteiger charge is -2.02. The van der Waals surface area contributed by atoms with Crippen LogP contribution in [0.25, 0.3) is 6.08 Å². The average molecular weight is 398 g/mol. The highest BCUT2D eigenvalue weighted by molar-refractivity contribution is 9.10. The van der Waals surface area contributed by atoms with Crippen LogP contribution >= 0.6 is 39.3 Å². The number of thioether (sulfide) groups is 1. The number of carbonyl (C=O) groups is 1. The summed E-state index contributed by atoms with van der Waals surface area (Å²) >= 11 is 10.6. The predicted octanol–water partition coefficient (Wildman–Crippen LogP) is 4.90. The van der Waals surface area contributed by atoms with Gasteiger partial charge in [-0.05, 0) is 64.4 Å². The van der Waals surface area contributed by atoms with E-state index in [4.69, 9.17) is 16.0 Å². The smallest absolute Gasteiger partial charge is 0.264 e. The Hall–Kier alpha value is -1.50. The minimum absolute atomic E-state index is 0.198. The number of aliphatic imine (C=N–C) groups is 1. The molecule has 1 aromatic carbocycles. The van der Waals surface area contributed by atoms with Gasteiger partial charge in [-0.25, -0.2) is 4.99 Å². The van der Waals surface area contributed by atoms with Gasteiger partial charge in [-0.15, -0.1) is 0 Å². The summed E-state index contributed by atoms with van der Waals surface area (Å²) in [6.45, 7) is 1.89. The maximum absolute atomic E-state index is 12.0. The van der Waals surface area contributed by atoms with E-state index in [0.717, 1.165) is 11.3 Å². The number of amides is 1. The van der Waals surface area contributed by atoms with Crippen LogP contribution in [0.4, 0.5) is 5.69 Å². The quantitative estimate of drug-likeness (QED) is 0.734. The van der Waals surface area contributed by atoms with Crippen LogP contribution in [0.3, 0.4) is 0 Å². The largest absolute Gasteiger partial charge is 0.450 e. The SMILES string of the molecule is Cc1c(Cl)cccc1N=C1NC(=O)/C(=C\c2ccc(Br)o2)S1. The number of amidine groups is 1. The fraction of sp³-hybridized carbons (Fsp3) is 0.0667. The summed E-state index contributed by atoms with van der Waals surface area (Å²) in [6.07, 6.45) is 1.68. The summed E-state index contributed by atoms with van der Waals surface area (Å²) in [5.74, 6) is 0.403. The number of halogens is 2. The molecule has 0 radical (unpaired) electrons. The molecule has 0 unspecified atom stereocenters. The Morgan fingerprint density at radius 2 is 2.18 bits per heavy atom. The van der Waals surface area contributed by atoms with E-state index in [2.05, 4.69) is 26.2 Å². The van der Waals surface area contributed by atoms with E-state index in [-0.39, 0.29) is 5.91 Å². The van der Waals surface area contributed by atoms with Crippen LogP contribution in [-0.2, 0) is 4.79 Å². The van der Waals surface area contributed by atoms with Crippen molar-refractivity contribution >= 4 is 62.1 Å². The number of rotatable bonds is 2. The molecule has 2 heterocycles. The number of nitrogens with zero attached hydrogens (tertiary/aromatic N) is 1. The second-order valence-corrected chi connectivity index (χ2v) is 6.73. The molecule has 4 nitrogen and oxygen atoms in total. The van der Waals surface area contributed by atoms with Crippen molar-refractivity contribution in [3.63, 3.8) is 0 Å². The molecule has 0 atom stereocenters. The molecule has 2 aromatic rings. The summed E-state index contributed by atoms with van der Waals surface area (Å²) in [6, 6.07) is 9.04. The van der Waals surface area contributed by atoms with Gasteiger partial charge in [0.2, 0.25) is 0 Å². The Bertz CT molecular complexity index is 814. The number of hydrogen-bond acceptors (Lipinski definition) is 4. The lowest BCUT2D eigenvalue weighted by atomic mass is 10.2. The van der Waals surface area contributed by atoms with E-state index in [0.29, 0.717) is 25.5 Å². The van der Waals surface area contributed by atoms with E-state index in [1.54, 1.807) is 24.3 Å². The maximum Gasteiger partial charge on any atom is 0.264 e. The van der Waals surface area contributed by atoms with Crippen molar-refractivity contribution in [3.8, 4) is 0 Å². The van der Waals surface area contributed by atoms with Crippen molar-refractivity contribution in [2.75, 3.05) is 0 Å². The van der Waals surface area contributed by atoms with E-state index in [1.807, 2.05) is 19.1 Å². The maximum atomic E-state index is 12.0. The van der Waals surface area contributed by atoms with E-state index >= 15 is 0 Å². The van der Waals surface area contributed by atoms with Crippen LogP contribution in [0.5, 0.6) is 0 Å². The zero-order valence-electron chi connectivity index (χ0n) is 11.4. The summed E-state index contributed by atoms with van der Waals surface area (Å²) in [4.78, 5) is 17.0. The van der Waals surface area contributed by atoms with Crippen LogP contribution < -0.4 is 5.32 Å². The fourth-order valence-corrected chi connectivity index (χ4v) is 3.15. The molecule has 0 aliphatic carbocycles. The summed E-state index contributed by atoms with van der Waals surface area (Å²) in [5, 5.41) is 3.90. The molecule has 1 aromatic heterocycles. The van der Waals surface area contributed by atoms with Gasteiger partial charge in [0.15, 0.2) is 9.84 Å². The van der Waals surface area contributed by atoms with Gasteiger partial charge in [-0.3, -0.25) is 4.79 Å². The molecule has 1 N–H and O–H groups in total. The predicted molar refractivity (Wildman–Crippen MR) is 93.4 cm³/mol. The fourth-order valence-electron chi connectivity index (χ4n) is 1.84. The van der Waals surface area contributed by atoms with Crippen LogP contribution in [-0.4, -0.2) is 11.1 Å². The summed E-state index contributed by atoms with van der Waals surface area (Å²) < 4.78 is 5.99. The minimum atomic E-state index is -0.198. The van der Waals surface area contributed by atoms with Crippen molar-refractivity contribution in [3.05, 3.63) is 56.3 Å². The van der Waals surface area contributed by atoms with Crippen molar-refractivity contribution in [1.82, 2.24) is 5.32 Å². The van der Waals surface area contributed by atoms with E-state index in [9.17, 15) is 4.79 Å². The van der Waals surface area contributed by atoms with Gasteiger partial charge in [0.05, 0.1) is 10.6 Å². The van der Waals surface area contributed by atoms with Gasteiger partial charge in [-0.1, -0.05) is 17.7 Å². The first kappa shape index (κ1) is 15.4. The highest BCUT2D eigenvalue weighted by Crippen LogP contribution is 2.31. The lowest BCUT2D eigenvalue weighted by molar-refractivity contribution is -0.115. The lowest BCUT2D eigenvalue weighted by Crippen LogP contribution is -2.19. The van der Waals surface area contributed by atoms with Crippen molar-refractivity contribution in [2.24, 2.45) is 4.99 Å². The molecule has 1 amide bonds. The third kappa shape index (κ3) is 3.29. The molecule has 1 saturated heterocycles. The molecule has 1 aliphatic rings. The normalized spacial score (nSPS) is 18.2. The topological polar surface area (TPSA) is 54.6 Å². The number of nitrogens with one attached hydrogen (secondary N) is 1. The van der Waals surface area contributed by atoms with E-state index < -0.39 is 0 Å². The van der Waals surface area contributed by atoms with Crippen LogP contribution in [0, 0.1) is 6.92 Å². The molecule has 22 heavy (non-hydrogen) atoms. The van der Waals surface area contributed by atoms with Gasteiger partial charge in [0, 0.05) is 11.1 Å². The highest BCUT2D eigenvalue weighted by atomic mass is 79.9. The monoisotopic (exact) mass is 396 g/mol. The van der Waals surface area contributed by atoms with Gasteiger partial charge in [0.25, 0.3) is 5.91 Å². The van der Waals surface area contributed by atoms with Gasteiger partial charge < -0.3 is 9.73 Å². The summed E-state index contributed by atoms with van der Waals surface area (Å²) in [5.41, 5.74) is 1.61.